The Morgan fingerprint density at radius 1 is 1.10 bits per heavy atom. The monoisotopic (exact) mass is 283 g/mol. The van der Waals surface area contributed by atoms with Gasteiger partial charge in [-0.1, -0.05) is 18.2 Å². The van der Waals surface area contributed by atoms with Crippen molar-refractivity contribution < 1.29 is 4.39 Å². The highest BCUT2D eigenvalue weighted by Gasteiger charge is 2.11. The Morgan fingerprint density at radius 2 is 1.81 bits per heavy atom. The van der Waals surface area contributed by atoms with Crippen LogP contribution in [0.15, 0.2) is 36.5 Å². The number of hydrogen-bond acceptors (Lipinski definition) is 2. The van der Waals surface area contributed by atoms with Gasteiger partial charge in [0.05, 0.1) is 11.4 Å². The maximum Gasteiger partial charge on any atom is 0.220 e. The molecule has 0 aliphatic rings. The number of aromatic nitrogens is 2. The van der Waals surface area contributed by atoms with Gasteiger partial charge in [0.25, 0.3) is 0 Å². The van der Waals surface area contributed by atoms with Gasteiger partial charge in [-0.15, -0.1) is 0 Å². The van der Waals surface area contributed by atoms with E-state index in [0.717, 1.165) is 5.69 Å². The highest BCUT2D eigenvalue weighted by Crippen LogP contribution is 2.21. The lowest BCUT2D eigenvalue weighted by atomic mass is 10.0. The third-order valence-electron chi connectivity index (χ3n) is 3.85. The zero-order valence-corrected chi connectivity index (χ0v) is 12.4. The van der Waals surface area contributed by atoms with E-state index in [9.17, 15) is 4.39 Å². The fourth-order valence-electron chi connectivity index (χ4n) is 2.60. The summed E-state index contributed by atoms with van der Waals surface area (Å²) in [7, 11) is 0. The minimum Gasteiger partial charge on any atom is -0.378 e. The summed E-state index contributed by atoms with van der Waals surface area (Å²) in [6, 6.07) is 10.0. The number of anilines is 1. The van der Waals surface area contributed by atoms with Gasteiger partial charge in [0, 0.05) is 12.7 Å². The van der Waals surface area contributed by atoms with E-state index < -0.39 is 0 Å². The molecule has 0 radical (unpaired) electrons. The van der Waals surface area contributed by atoms with Gasteiger partial charge in [-0.05, 0) is 49.6 Å². The average Bonchev–Trinajstić information content (AvgIpc) is 2.75. The maximum absolute atomic E-state index is 13.9. The number of nitrogens with one attached hydrogen (secondary N) is 1. The first kappa shape index (κ1) is 13.6. The van der Waals surface area contributed by atoms with E-state index >= 15 is 0 Å². The number of nitrogens with zero attached hydrogens (tertiary/aromatic N) is 2. The SMILES string of the molecule is Cc1cccc(C)c1CNc1cccn2c(F)c(C)nc12. The van der Waals surface area contributed by atoms with Crippen molar-refractivity contribution in [3.05, 3.63) is 64.9 Å². The number of rotatable bonds is 3. The molecule has 0 amide bonds. The van der Waals surface area contributed by atoms with Gasteiger partial charge >= 0.3 is 0 Å². The molecular weight excluding hydrogens is 265 g/mol. The molecule has 4 heteroatoms. The van der Waals surface area contributed by atoms with Gasteiger partial charge in [0.15, 0.2) is 5.65 Å². The molecule has 0 aliphatic heterocycles. The Kier molecular flexibility index (Phi) is 3.37. The van der Waals surface area contributed by atoms with E-state index in [1.165, 1.54) is 21.1 Å². The summed E-state index contributed by atoms with van der Waals surface area (Å²) >= 11 is 0. The Morgan fingerprint density at radius 3 is 2.52 bits per heavy atom. The minimum atomic E-state index is -0.305. The molecule has 0 saturated carbocycles. The van der Waals surface area contributed by atoms with Gasteiger partial charge in [0.1, 0.15) is 0 Å². The summed E-state index contributed by atoms with van der Waals surface area (Å²) in [4.78, 5) is 4.30. The zero-order valence-electron chi connectivity index (χ0n) is 12.4. The predicted molar refractivity (Wildman–Crippen MR) is 83.1 cm³/mol. The van der Waals surface area contributed by atoms with Crippen LogP contribution in [-0.2, 0) is 6.54 Å². The van der Waals surface area contributed by atoms with Gasteiger partial charge in [-0.25, -0.2) is 4.98 Å². The number of halogens is 1. The van der Waals surface area contributed by atoms with Crippen molar-refractivity contribution in [2.45, 2.75) is 27.3 Å². The van der Waals surface area contributed by atoms with Crippen LogP contribution >= 0.6 is 0 Å². The standard InChI is InChI=1S/C17H18FN3/c1-11-6-4-7-12(2)14(11)10-19-15-8-5-9-21-16(18)13(3)20-17(15)21/h4-9,19H,10H2,1-3H3. The van der Waals surface area contributed by atoms with Gasteiger partial charge in [-0.3, -0.25) is 4.40 Å². The third kappa shape index (κ3) is 2.37. The molecule has 0 atom stereocenters. The Hall–Kier alpha value is -2.36. The van der Waals surface area contributed by atoms with E-state index in [-0.39, 0.29) is 5.95 Å². The van der Waals surface area contributed by atoms with Crippen LogP contribution in [0.1, 0.15) is 22.4 Å². The van der Waals surface area contributed by atoms with Crippen LogP contribution in [0.25, 0.3) is 5.65 Å². The fourth-order valence-corrected chi connectivity index (χ4v) is 2.60. The Bertz CT molecular complexity index is 785. The highest BCUT2D eigenvalue weighted by molar-refractivity contribution is 5.68. The van der Waals surface area contributed by atoms with Crippen LogP contribution in [0.5, 0.6) is 0 Å². The third-order valence-corrected chi connectivity index (χ3v) is 3.85. The maximum atomic E-state index is 13.9. The van der Waals surface area contributed by atoms with Crippen molar-refractivity contribution in [2.24, 2.45) is 0 Å². The molecule has 1 aromatic carbocycles. The summed E-state index contributed by atoms with van der Waals surface area (Å²) in [5, 5.41) is 3.38. The number of hydrogen-bond donors (Lipinski definition) is 1. The van der Waals surface area contributed by atoms with Crippen LogP contribution in [0, 0.1) is 26.7 Å². The molecule has 2 aromatic heterocycles. The molecule has 0 aliphatic carbocycles. The van der Waals surface area contributed by atoms with Crippen molar-refractivity contribution in [3.63, 3.8) is 0 Å². The summed E-state index contributed by atoms with van der Waals surface area (Å²) < 4.78 is 15.4. The summed E-state index contributed by atoms with van der Waals surface area (Å²) in [6.07, 6.45) is 1.69. The van der Waals surface area contributed by atoms with Crippen molar-refractivity contribution in [1.29, 1.82) is 0 Å². The second-order valence-electron chi connectivity index (χ2n) is 5.33. The quantitative estimate of drug-likeness (QED) is 0.787. The van der Waals surface area contributed by atoms with Crippen molar-refractivity contribution in [3.8, 4) is 0 Å². The van der Waals surface area contributed by atoms with Crippen molar-refractivity contribution >= 4 is 11.3 Å². The molecule has 3 aromatic rings. The molecule has 0 saturated heterocycles. The predicted octanol–water partition coefficient (Wildman–Crippen LogP) is 4.01. The molecule has 3 rings (SSSR count). The summed E-state index contributed by atoms with van der Waals surface area (Å²) in [6.45, 7) is 6.58. The largest absolute Gasteiger partial charge is 0.378 e. The van der Waals surface area contributed by atoms with Gasteiger partial charge < -0.3 is 5.32 Å². The first-order chi connectivity index (χ1) is 10.1. The lowest BCUT2D eigenvalue weighted by Gasteiger charge is -2.12. The molecule has 0 bridgehead atoms. The molecule has 2 heterocycles. The number of pyridine rings is 1. The summed E-state index contributed by atoms with van der Waals surface area (Å²) in [5.74, 6) is -0.305. The molecule has 0 unspecified atom stereocenters. The smallest absolute Gasteiger partial charge is 0.220 e. The molecule has 21 heavy (non-hydrogen) atoms. The zero-order chi connectivity index (χ0) is 15.0. The van der Waals surface area contributed by atoms with E-state index in [1.807, 2.05) is 12.1 Å². The van der Waals surface area contributed by atoms with Crippen molar-refractivity contribution in [1.82, 2.24) is 9.38 Å². The average molecular weight is 283 g/mol. The first-order valence-electron chi connectivity index (χ1n) is 7.00. The molecule has 3 nitrogen and oxygen atoms in total. The lowest BCUT2D eigenvalue weighted by molar-refractivity contribution is 0.564. The number of aryl methyl sites for hydroxylation is 3. The van der Waals surface area contributed by atoms with Gasteiger partial charge in [0.2, 0.25) is 5.95 Å². The molecular formula is C17H18FN3. The number of fused-ring (bicyclic) bond motifs is 1. The Labute approximate surface area is 123 Å². The van der Waals surface area contributed by atoms with Crippen LogP contribution < -0.4 is 5.32 Å². The first-order valence-corrected chi connectivity index (χ1v) is 7.00. The topological polar surface area (TPSA) is 29.3 Å². The van der Waals surface area contributed by atoms with Crippen LogP contribution in [0.3, 0.4) is 0 Å². The fraction of sp³-hybridized carbons (Fsp3) is 0.235. The molecule has 108 valence electrons. The van der Waals surface area contributed by atoms with E-state index in [0.29, 0.717) is 17.9 Å². The lowest BCUT2D eigenvalue weighted by Crippen LogP contribution is -2.05. The molecule has 1 N–H and O–H groups in total. The normalized spacial score (nSPS) is 11.0. The van der Waals surface area contributed by atoms with Gasteiger partial charge in [-0.2, -0.15) is 4.39 Å². The minimum absolute atomic E-state index is 0.305. The van der Waals surface area contributed by atoms with E-state index in [2.05, 4.69) is 42.3 Å². The second-order valence-corrected chi connectivity index (χ2v) is 5.33. The van der Waals surface area contributed by atoms with Crippen LogP contribution in [0.4, 0.5) is 10.1 Å². The highest BCUT2D eigenvalue weighted by atomic mass is 19.1. The van der Waals surface area contributed by atoms with Crippen molar-refractivity contribution in [2.75, 3.05) is 5.32 Å². The molecule has 0 spiro atoms. The number of imidazole rings is 1. The Balaban J connectivity index is 1.94. The van der Waals surface area contributed by atoms with Crippen LogP contribution in [0.2, 0.25) is 0 Å². The summed E-state index contributed by atoms with van der Waals surface area (Å²) in [5.41, 5.74) is 5.64. The van der Waals surface area contributed by atoms with E-state index in [1.54, 1.807) is 13.1 Å². The molecule has 0 fully saturated rings. The second kappa shape index (κ2) is 5.20. The van der Waals surface area contributed by atoms with E-state index in [4.69, 9.17) is 0 Å². The number of benzene rings is 1. The van der Waals surface area contributed by atoms with Crippen LogP contribution in [-0.4, -0.2) is 9.38 Å².